The van der Waals surface area contributed by atoms with E-state index in [1.165, 1.54) is 18.2 Å². The van der Waals surface area contributed by atoms with Crippen LogP contribution in [0.2, 0.25) is 0 Å². The minimum atomic E-state index is -2.30. The molecule has 114 valence electrons. The smallest absolute Gasteiger partial charge is 0.270 e. The highest BCUT2D eigenvalue weighted by molar-refractivity contribution is 5.98. The first-order chi connectivity index (χ1) is 10.4. The maximum Gasteiger partial charge on any atom is 0.270 e. The fourth-order valence-electron chi connectivity index (χ4n) is 2.09. The quantitative estimate of drug-likeness (QED) is 0.497. The van der Waals surface area contributed by atoms with Crippen LogP contribution in [0.3, 0.4) is 0 Å². The number of fused-ring (bicyclic) bond motifs is 1. The van der Waals surface area contributed by atoms with Gasteiger partial charge in [-0.25, -0.2) is 22.0 Å². The van der Waals surface area contributed by atoms with Crippen LogP contribution in [0, 0.1) is 29.1 Å². The molecule has 1 amide bonds. The van der Waals surface area contributed by atoms with Crippen LogP contribution in [0.4, 0.5) is 27.6 Å². The third-order valence-corrected chi connectivity index (χ3v) is 3.13. The van der Waals surface area contributed by atoms with Gasteiger partial charge in [0, 0.05) is 0 Å². The molecule has 0 fully saturated rings. The number of nitrogens with one attached hydrogen (secondary N) is 1. The molecule has 1 N–H and O–H groups in total. The molecule has 3 rings (SSSR count). The van der Waals surface area contributed by atoms with E-state index >= 15 is 0 Å². The van der Waals surface area contributed by atoms with Crippen molar-refractivity contribution in [2.24, 2.45) is 0 Å². The van der Waals surface area contributed by atoms with Gasteiger partial charge in [0.05, 0.1) is 11.3 Å². The van der Waals surface area contributed by atoms with Crippen molar-refractivity contribution in [1.82, 2.24) is 0 Å². The second-order valence-electron chi connectivity index (χ2n) is 4.47. The SMILES string of the molecule is O=C1Nc2ccccc2OC1c1c(F)c(F)c(F)c(F)c1F. The van der Waals surface area contributed by atoms with Gasteiger partial charge in [0.25, 0.3) is 5.91 Å². The molecule has 0 bridgehead atoms. The topological polar surface area (TPSA) is 38.3 Å². The van der Waals surface area contributed by atoms with Crippen LogP contribution in [0.5, 0.6) is 5.75 Å². The minimum absolute atomic E-state index is 0.0519. The van der Waals surface area contributed by atoms with Gasteiger partial charge in [-0.3, -0.25) is 4.79 Å². The standard InChI is InChI=1S/C14H6F5NO2/c15-8-7(9(16)11(18)12(19)10(8)17)13-14(21)20-5-3-1-2-4-6(5)22-13/h1-4,13H,(H,20,21). The van der Waals surface area contributed by atoms with Gasteiger partial charge in [0.2, 0.25) is 11.9 Å². The number of hydrogen-bond acceptors (Lipinski definition) is 2. The Morgan fingerprint density at radius 3 is 2.05 bits per heavy atom. The molecule has 2 aromatic carbocycles. The summed E-state index contributed by atoms with van der Waals surface area (Å²) >= 11 is 0. The zero-order chi connectivity index (χ0) is 16.0. The maximum absolute atomic E-state index is 13.8. The van der Waals surface area contributed by atoms with E-state index in [0.29, 0.717) is 0 Å². The molecule has 0 spiro atoms. The summed E-state index contributed by atoms with van der Waals surface area (Å²) in [6.07, 6.45) is -1.99. The summed E-state index contributed by atoms with van der Waals surface area (Å²) in [5.74, 6) is -11.8. The molecular formula is C14H6F5NO2. The van der Waals surface area contributed by atoms with Crippen molar-refractivity contribution in [3.05, 3.63) is 58.9 Å². The molecule has 1 atom stereocenters. The molecule has 1 aliphatic heterocycles. The van der Waals surface area contributed by atoms with Crippen molar-refractivity contribution in [2.75, 3.05) is 5.32 Å². The molecule has 3 nitrogen and oxygen atoms in total. The highest BCUT2D eigenvalue weighted by Gasteiger charge is 2.38. The lowest BCUT2D eigenvalue weighted by molar-refractivity contribution is -0.124. The van der Waals surface area contributed by atoms with E-state index in [1.54, 1.807) is 6.07 Å². The van der Waals surface area contributed by atoms with Crippen LogP contribution >= 0.6 is 0 Å². The zero-order valence-corrected chi connectivity index (χ0v) is 10.6. The highest BCUT2D eigenvalue weighted by atomic mass is 19.2. The summed E-state index contributed by atoms with van der Waals surface area (Å²) in [7, 11) is 0. The van der Waals surface area contributed by atoms with E-state index in [1.807, 2.05) is 0 Å². The minimum Gasteiger partial charge on any atom is -0.473 e. The van der Waals surface area contributed by atoms with Crippen molar-refractivity contribution >= 4 is 11.6 Å². The Bertz CT molecular complexity index is 764. The highest BCUT2D eigenvalue weighted by Crippen LogP contribution is 2.37. The van der Waals surface area contributed by atoms with Crippen molar-refractivity contribution in [3.63, 3.8) is 0 Å². The number of para-hydroxylation sites is 2. The molecule has 22 heavy (non-hydrogen) atoms. The van der Waals surface area contributed by atoms with Crippen molar-refractivity contribution < 1.29 is 31.5 Å². The number of benzene rings is 2. The molecule has 1 aliphatic rings. The monoisotopic (exact) mass is 315 g/mol. The second-order valence-corrected chi connectivity index (χ2v) is 4.47. The number of ether oxygens (including phenoxy) is 1. The van der Waals surface area contributed by atoms with Crippen LogP contribution in [-0.2, 0) is 4.79 Å². The van der Waals surface area contributed by atoms with E-state index in [-0.39, 0.29) is 11.4 Å². The van der Waals surface area contributed by atoms with E-state index in [0.717, 1.165) is 0 Å². The number of rotatable bonds is 1. The third-order valence-electron chi connectivity index (χ3n) is 3.13. The predicted octanol–water partition coefficient (Wildman–Crippen LogP) is 3.45. The largest absolute Gasteiger partial charge is 0.473 e. The number of anilines is 1. The summed E-state index contributed by atoms with van der Waals surface area (Å²) in [6.45, 7) is 0. The predicted molar refractivity (Wildman–Crippen MR) is 64.7 cm³/mol. The van der Waals surface area contributed by atoms with Crippen LogP contribution in [0.25, 0.3) is 0 Å². The van der Waals surface area contributed by atoms with Crippen molar-refractivity contribution in [3.8, 4) is 5.75 Å². The molecular weight excluding hydrogens is 309 g/mol. The summed E-state index contributed by atoms with van der Waals surface area (Å²) in [5, 5.41) is 2.28. The van der Waals surface area contributed by atoms with Gasteiger partial charge in [-0.05, 0) is 12.1 Å². The number of amides is 1. The molecule has 0 saturated carbocycles. The lowest BCUT2D eigenvalue weighted by Crippen LogP contribution is -2.32. The van der Waals surface area contributed by atoms with Crippen LogP contribution in [-0.4, -0.2) is 5.91 Å². The molecule has 8 heteroatoms. The van der Waals surface area contributed by atoms with Gasteiger partial charge in [-0.15, -0.1) is 0 Å². The Morgan fingerprint density at radius 2 is 1.41 bits per heavy atom. The fourth-order valence-corrected chi connectivity index (χ4v) is 2.09. The van der Waals surface area contributed by atoms with Gasteiger partial charge in [0.15, 0.2) is 23.3 Å². The van der Waals surface area contributed by atoms with Gasteiger partial charge < -0.3 is 10.1 Å². The van der Waals surface area contributed by atoms with Crippen LogP contribution in [0.1, 0.15) is 11.7 Å². The molecule has 2 aromatic rings. The Morgan fingerprint density at radius 1 is 0.864 bits per heavy atom. The van der Waals surface area contributed by atoms with E-state index in [2.05, 4.69) is 5.32 Å². The Labute approximate surface area is 120 Å². The number of halogens is 5. The second kappa shape index (κ2) is 4.97. The van der Waals surface area contributed by atoms with E-state index in [9.17, 15) is 26.7 Å². The summed E-state index contributed by atoms with van der Waals surface area (Å²) in [5.41, 5.74) is -1.10. The normalized spacial score (nSPS) is 16.8. The van der Waals surface area contributed by atoms with Gasteiger partial charge in [0.1, 0.15) is 5.75 Å². The van der Waals surface area contributed by atoms with Gasteiger partial charge in [-0.2, -0.15) is 0 Å². The first kappa shape index (κ1) is 14.3. The molecule has 0 aromatic heterocycles. The van der Waals surface area contributed by atoms with E-state index in [4.69, 9.17) is 4.74 Å². The summed E-state index contributed by atoms with van der Waals surface area (Å²) in [6, 6.07) is 5.93. The molecule has 1 heterocycles. The van der Waals surface area contributed by atoms with Crippen LogP contribution < -0.4 is 10.1 Å². The van der Waals surface area contributed by atoms with Crippen LogP contribution in [0.15, 0.2) is 24.3 Å². The lowest BCUT2D eigenvalue weighted by atomic mass is 10.0. The molecule has 0 saturated heterocycles. The first-order valence-electron chi connectivity index (χ1n) is 5.99. The average molecular weight is 315 g/mol. The van der Waals surface area contributed by atoms with E-state index < -0.39 is 46.7 Å². The summed E-state index contributed by atoms with van der Waals surface area (Å²) in [4.78, 5) is 11.9. The maximum atomic E-state index is 13.8. The Hall–Kier alpha value is -2.64. The number of carbonyl (C=O) groups is 1. The number of hydrogen-bond donors (Lipinski definition) is 1. The Balaban J connectivity index is 2.15. The van der Waals surface area contributed by atoms with Crippen molar-refractivity contribution in [1.29, 1.82) is 0 Å². The molecule has 0 radical (unpaired) electrons. The lowest BCUT2D eigenvalue weighted by Gasteiger charge is -2.26. The summed E-state index contributed by atoms with van der Waals surface area (Å²) < 4.78 is 72.1. The fraction of sp³-hybridized carbons (Fsp3) is 0.0714. The molecule has 1 unspecified atom stereocenters. The molecule has 0 aliphatic carbocycles. The average Bonchev–Trinajstić information content (AvgIpc) is 2.51. The Kier molecular flexibility index (Phi) is 3.23. The van der Waals surface area contributed by atoms with Gasteiger partial charge in [-0.1, -0.05) is 12.1 Å². The number of carbonyl (C=O) groups excluding carboxylic acids is 1. The van der Waals surface area contributed by atoms with Crippen molar-refractivity contribution in [2.45, 2.75) is 6.10 Å². The van der Waals surface area contributed by atoms with Gasteiger partial charge >= 0.3 is 0 Å². The first-order valence-corrected chi connectivity index (χ1v) is 5.99. The third kappa shape index (κ3) is 1.99. The zero-order valence-electron chi connectivity index (χ0n) is 10.6.